The van der Waals surface area contributed by atoms with Crippen molar-refractivity contribution in [1.29, 1.82) is 0 Å². The van der Waals surface area contributed by atoms with Crippen LogP contribution in [0.25, 0.3) is 0 Å². The second-order valence-corrected chi connectivity index (χ2v) is 13.1. The van der Waals surface area contributed by atoms with Gasteiger partial charge in [-0.1, -0.05) is 129 Å². The number of rotatable bonds is 29. The minimum Gasteiger partial charge on any atom is -0.481 e. The van der Waals surface area contributed by atoms with E-state index in [1.54, 1.807) is 0 Å². The predicted octanol–water partition coefficient (Wildman–Crippen LogP) is 8.14. The van der Waals surface area contributed by atoms with Gasteiger partial charge in [0.1, 0.15) is 6.04 Å². The normalized spacial score (nSPS) is 12.5. The number of carbonyl (C=O) groups is 3. The molecule has 0 saturated carbocycles. The van der Waals surface area contributed by atoms with E-state index >= 15 is 0 Å². The van der Waals surface area contributed by atoms with Crippen LogP contribution in [0.2, 0.25) is 0 Å². The van der Waals surface area contributed by atoms with Crippen molar-refractivity contribution in [2.45, 2.75) is 161 Å². The Morgan fingerprint density at radius 1 is 0.634 bits per heavy atom. The molecule has 0 aromatic carbocycles. The molecule has 242 valence electrons. The lowest BCUT2D eigenvalue weighted by atomic mass is 10.0. The van der Waals surface area contributed by atoms with Gasteiger partial charge >= 0.3 is 17.9 Å². The molecule has 0 amide bonds. The number of unbranched alkanes of at least 4 members (excludes halogenated alkanes) is 18. The average Bonchev–Trinajstić information content (AvgIpc) is 2.89. The fourth-order valence-electron chi connectivity index (χ4n) is 5.34. The van der Waals surface area contributed by atoms with E-state index in [1.807, 2.05) is 21.1 Å². The van der Waals surface area contributed by atoms with Gasteiger partial charge in [-0.05, 0) is 32.4 Å². The number of hydrogen-bond donors (Lipinski definition) is 1. The molecule has 0 aliphatic rings. The summed E-state index contributed by atoms with van der Waals surface area (Å²) in [4.78, 5) is 39.1. The van der Waals surface area contributed by atoms with Crippen molar-refractivity contribution in [3.05, 3.63) is 0 Å². The SMILES string of the molecule is CCCCCCCCCCCCN(CCCCCCCCCCCC)[C@H](CCC(=O)O)C(=O)OC(=O)C[N+](C)(C)C. The van der Waals surface area contributed by atoms with E-state index in [9.17, 15) is 19.5 Å². The van der Waals surface area contributed by atoms with Gasteiger partial charge in [-0.3, -0.25) is 9.69 Å². The summed E-state index contributed by atoms with van der Waals surface area (Å²) in [5.41, 5.74) is 0. The van der Waals surface area contributed by atoms with Crippen molar-refractivity contribution < 1.29 is 28.7 Å². The summed E-state index contributed by atoms with van der Waals surface area (Å²) in [6.45, 7) is 6.05. The number of quaternary nitrogens is 1. The fraction of sp³-hybridized carbons (Fsp3) is 0.912. The zero-order valence-corrected chi connectivity index (χ0v) is 27.7. The second kappa shape index (κ2) is 26.2. The number of carboxylic acid groups (broad SMARTS) is 1. The van der Waals surface area contributed by atoms with Crippen molar-refractivity contribution in [2.24, 2.45) is 0 Å². The first kappa shape index (κ1) is 39.5. The lowest BCUT2D eigenvalue weighted by Gasteiger charge is -2.30. The molecule has 0 fully saturated rings. The molecular formula is C34H67N2O5+. The molecule has 1 N–H and O–H groups in total. The van der Waals surface area contributed by atoms with E-state index in [1.165, 1.54) is 103 Å². The van der Waals surface area contributed by atoms with E-state index in [0.717, 1.165) is 38.8 Å². The van der Waals surface area contributed by atoms with Crippen molar-refractivity contribution in [3.63, 3.8) is 0 Å². The minimum atomic E-state index is -0.932. The summed E-state index contributed by atoms with van der Waals surface area (Å²) in [5.74, 6) is -2.08. The molecule has 1 atom stereocenters. The van der Waals surface area contributed by atoms with Gasteiger partial charge in [0.15, 0.2) is 6.54 Å². The predicted molar refractivity (Wildman–Crippen MR) is 170 cm³/mol. The van der Waals surface area contributed by atoms with Gasteiger partial charge in [0.2, 0.25) is 0 Å². The zero-order valence-electron chi connectivity index (χ0n) is 27.7. The third kappa shape index (κ3) is 25.9. The highest BCUT2D eigenvalue weighted by atomic mass is 16.6. The third-order valence-electron chi connectivity index (χ3n) is 7.76. The Hall–Kier alpha value is -1.47. The van der Waals surface area contributed by atoms with Gasteiger partial charge in [-0.2, -0.15) is 0 Å². The topological polar surface area (TPSA) is 83.9 Å². The highest BCUT2D eigenvalue weighted by Crippen LogP contribution is 2.17. The molecule has 0 spiro atoms. The van der Waals surface area contributed by atoms with Crippen LogP contribution < -0.4 is 0 Å². The molecule has 0 heterocycles. The van der Waals surface area contributed by atoms with E-state index in [4.69, 9.17) is 4.74 Å². The van der Waals surface area contributed by atoms with Crippen LogP contribution in [0.3, 0.4) is 0 Å². The van der Waals surface area contributed by atoms with E-state index in [2.05, 4.69) is 18.7 Å². The van der Waals surface area contributed by atoms with Crippen molar-refractivity contribution in [1.82, 2.24) is 4.90 Å². The quantitative estimate of drug-likeness (QED) is 0.0414. The van der Waals surface area contributed by atoms with E-state index in [-0.39, 0.29) is 19.4 Å². The lowest BCUT2D eigenvalue weighted by Crippen LogP contribution is -2.46. The van der Waals surface area contributed by atoms with Crippen LogP contribution in [0.1, 0.15) is 155 Å². The van der Waals surface area contributed by atoms with Gasteiger partial charge in [-0.15, -0.1) is 0 Å². The van der Waals surface area contributed by atoms with Crippen molar-refractivity contribution in [2.75, 3.05) is 40.8 Å². The van der Waals surface area contributed by atoms with Crippen LogP contribution in [0.15, 0.2) is 0 Å². The smallest absolute Gasteiger partial charge is 0.369 e. The Morgan fingerprint density at radius 3 is 1.34 bits per heavy atom. The molecule has 0 unspecified atom stereocenters. The summed E-state index contributed by atoms with van der Waals surface area (Å²) in [5, 5.41) is 9.35. The Kier molecular flexibility index (Phi) is 25.2. The van der Waals surface area contributed by atoms with Crippen LogP contribution in [0.5, 0.6) is 0 Å². The van der Waals surface area contributed by atoms with Crippen LogP contribution in [0, 0.1) is 0 Å². The largest absolute Gasteiger partial charge is 0.481 e. The molecule has 0 radical (unpaired) electrons. The molecule has 0 aromatic rings. The summed E-state index contributed by atoms with van der Waals surface area (Å²) in [6.07, 6.45) is 24.8. The summed E-state index contributed by atoms with van der Waals surface area (Å²) in [7, 11) is 5.61. The number of esters is 2. The first-order valence-corrected chi connectivity index (χ1v) is 17.1. The number of likely N-dealkylation sites (N-methyl/N-ethyl adjacent to an activating group) is 1. The van der Waals surface area contributed by atoms with Crippen LogP contribution in [-0.4, -0.2) is 79.2 Å². The first-order chi connectivity index (χ1) is 19.6. The zero-order chi connectivity index (χ0) is 30.8. The van der Waals surface area contributed by atoms with Crippen LogP contribution in [-0.2, 0) is 19.1 Å². The third-order valence-corrected chi connectivity index (χ3v) is 7.76. The number of carbonyl (C=O) groups excluding carboxylic acids is 2. The molecule has 0 saturated heterocycles. The molecule has 41 heavy (non-hydrogen) atoms. The number of carboxylic acids is 1. The minimum absolute atomic E-state index is 0.0915. The summed E-state index contributed by atoms with van der Waals surface area (Å²) >= 11 is 0. The van der Waals surface area contributed by atoms with Gasteiger partial charge in [-0.25, -0.2) is 9.59 Å². The van der Waals surface area contributed by atoms with Gasteiger partial charge in [0.25, 0.3) is 0 Å². The maximum atomic E-state index is 13.2. The maximum absolute atomic E-state index is 13.2. The molecule has 0 aliphatic carbocycles. The van der Waals surface area contributed by atoms with Crippen LogP contribution >= 0.6 is 0 Å². The molecule has 0 aromatic heterocycles. The number of ether oxygens (including phenoxy) is 1. The average molecular weight is 584 g/mol. The Balaban J connectivity index is 4.92. The maximum Gasteiger partial charge on any atom is 0.369 e. The lowest BCUT2D eigenvalue weighted by molar-refractivity contribution is -0.862. The molecular weight excluding hydrogens is 516 g/mol. The van der Waals surface area contributed by atoms with Crippen LogP contribution in [0.4, 0.5) is 0 Å². The number of nitrogens with zero attached hydrogens (tertiary/aromatic N) is 2. The Labute approximate surface area is 253 Å². The Bertz CT molecular complexity index is 638. The van der Waals surface area contributed by atoms with E-state index in [0.29, 0.717) is 4.48 Å². The van der Waals surface area contributed by atoms with Gasteiger partial charge in [0, 0.05) is 6.42 Å². The fourth-order valence-corrected chi connectivity index (χ4v) is 5.34. The van der Waals surface area contributed by atoms with Gasteiger partial charge in [0.05, 0.1) is 21.1 Å². The monoisotopic (exact) mass is 584 g/mol. The molecule has 0 aliphatic heterocycles. The standard InChI is InChI=1S/C34H66N2O5/c1-6-8-10-12-14-16-18-20-22-24-28-35(29-25-23-21-19-17-15-13-11-9-7-2)31(26-27-32(37)38)34(40)41-33(39)30-36(3,4)5/h31H,6-30H2,1-5H3/p+1/t31-/m1/s1. The molecule has 0 bridgehead atoms. The first-order valence-electron chi connectivity index (χ1n) is 17.1. The highest BCUT2D eigenvalue weighted by molar-refractivity contribution is 5.89. The second-order valence-electron chi connectivity index (χ2n) is 13.1. The van der Waals surface area contributed by atoms with E-state index < -0.39 is 23.9 Å². The number of aliphatic carboxylic acids is 1. The molecule has 7 heteroatoms. The summed E-state index contributed by atoms with van der Waals surface area (Å²) < 4.78 is 5.64. The number of hydrogen-bond acceptors (Lipinski definition) is 5. The van der Waals surface area contributed by atoms with Crippen molar-refractivity contribution >= 4 is 17.9 Å². The highest BCUT2D eigenvalue weighted by Gasteiger charge is 2.30. The van der Waals surface area contributed by atoms with Crippen molar-refractivity contribution in [3.8, 4) is 0 Å². The van der Waals surface area contributed by atoms with Gasteiger partial charge < -0.3 is 14.3 Å². The molecule has 0 rings (SSSR count). The summed E-state index contributed by atoms with van der Waals surface area (Å²) in [6, 6.07) is -0.695. The molecule has 7 nitrogen and oxygen atoms in total. The Morgan fingerprint density at radius 2 is 1.00 bits per heavy atom.